The van der Waals surface area contributed by atoms with Gasteiger partial charge < -0.3 is 5.32 Å². The molecule has 1 aromatic heterocycles. The predicted molar refractivity (Wildman–Crippen MR) is 73.3 cm³/mol. The molecule has 3 nitrogen and oxygen atoms in total. The standard InChI is InChI=1S/C13H13BrF3N3/c1-18-12(11-5-6-20(2)19-11)9-4-3-8(14)7-10(9)13(15,16)17/h3-7,12,18H,1-2H3. The molecule has 2 rings (SSSR count). The van der Waals surface area contributed by atoms with Gasteiger partial charge in [0, 0.05) is 17.7 Å². The highest BCUT2D eigenvalue weighted by molar-refractivity contribution is 9.10. The lowest BCUT2D eigenvalue weighted by Crippen LogP contribution is -2.22. The van der Waals surface area contributed by atoms with E-state index in [1.165, 1.54) is 6.07 Å². The topological polar surface area (TPSA) is 29.9 Å². The van der Waals surface area contributed by atoms with E-state index < -0.39 is 17.8 Å². The molecule has 0 aliphatic rings. The molecule has 1 N–H and O–H groups in total. The van der Waals surface area contributed by atoms with Gasteiger partial charge in [-0.1, -0.05) is 22.0 Å². The first-order valence-electron chi connectivity index (χ1n) is 5.86. The van der Waals surface area contributed by atoms with Crippen molar-refractivity contribution in [2.24, 2.45) is 7.05 Å². The van der Waals surface area contributed by atoms with Gasteiger partial charge in [-0.25, -0.2) is 0 Å². The summed E-state index contributed by atoms with van der Waals surface area (Å²) in [6.07, 6.45) is -2.71. The van der Waals surface area contributed by atoms with Crippen LogP contribution in [0.4, 0.5) is 13.2 Å². The minimum Gasteiger partial charge on any atom is -0.308 e. The Morgan fingerprint density at radius 1 is 1.30 bits per heavy atom. The summed E-state index contributed by atoms with van der Waals surface area (Å²) in [6, 6.07) is 5.23. The van der Waals surface area contributed by atoms with Crippen LogP contribution in [0.25, 0.3) is 0 Å². The molecule has 108 valence electrons. The Morgan fingerprint density at radius 3 is 2.50 bits per heavy atom. The fourth-order valence-corrected chi connectivity index (χ4v) is 2.44. The second-order valence-corrected chi connectivity index (χ2v) is 5.28. The summed E-state index contributed by atoms with van der Waals surface area (Å²) in [5, 5.41) is 7.07. The maximum absolute atomic E-state index is 13.2. The minimum absolute atomic E-state index is 0.155. The van der Waals surface area contributed by atoms with Crippen molar-refractivity contribution in [1.82, 2.24) is 15.1 Å². The maximum atomic E-state index is 13.2. The number of benzene rings is 1. The third-order valence-corrected chi connectivity index (χ3v) is 3.44. The smallest absolute Gasteiger partial charge is 0.308 e. The normalized spacial score (nSPS) is 13.5. The number of aryl methyl sites for hydroxylation is 1. The Kier molecular flexibility index (Phi) is 4.19. The van der Waals surface area contributed by atoms with Crippen LogP contribution in [-0.4, -0.2) is 16.8 Å². The molecule has 0 radical (unpaired) electrons. The Labute approximate surface area is 122 Å². The van der Waals surface area contributed by atoms with E-state index in [1.54, 1.807) is 37.1 Å². The summed E-state index contributed by atoms with van der Waals surface area (Å²) >= 11 is 3.08. The van der Waals surface area contributed by atoms with E-state index in [0.717, 1.165) is 6.07 Å². The second-order valence-electron chi connectivity index (χ2n) is 4.37. The van der Waals surface area contributed by atoms with Crippen LogP contribution in [0.1, 0.15) is 22.9 Å². The number of rotatable bonds is 3. The van der Waals surface area contributed by atoms with Crippen molar-refractivity contribution in [3.63, 3.8) is 0 Å². The highest BCUT2D eigenvalue weighted by Gasteiger charge is 2.36. The van der Waals surface area contributed by atoms with E-state index >= 15 is 0 Å². The van der Waals surface area contributed by atoms with Gasteiger partial charge in [-0.2, -0.15) is 18.3 Å². The highest BCUT2D eigenvalue weighted by Crippen LogP contribution is 2.37. The summed E-state index contributed by atoms with van der Waals surface area (Å²) in [5.41, 5.74) is 0.0293. The van der Waals surface area contributed by atoms with Crippen molar-refractivity contribution < 1.29 is 13.2 Å². The fourth-order valence-electron chi connectivity index (χ4n) is 2.08. The van der Waals surface area contributed by atoms with Crippen molar-refractivity contribution in [3.8, 4) is 0 Å². The molecule has 0 saturated heterocycles. The molecule has 1 unspecified atom stereocenters. The Bertz CT molecular complexity index is 607. The molecule has 1 aromatic carbocycles. The van der Waals surface area contributed by atoms with E-state index in [0.29, 0.717) is 10.2 Å². The van der Waals surface area contributed by atoms with Gasteiger partial charge in [-0.3, -0.25) is 4.68 Å². The molecule has 2 aromatic rings. The summed E-state index contributed by atoms with van der Waals surface area (Å²) in [4.78, 5) is 0. The lowest BCUT2D eigenvalue weighted by Gasteiger charge is -2.20. The average molecular weight is 348 g/mol. The van der Waals surface area contributed by atoms with E-state index in [9.17, 15) is 13.2 Å². The van der Waals surface area contributed by atoms with Crippen molar-refractivity contribution in [1.29, 1.82) is 0 Å². The highest BCUT2D eigenvalue weighted by atomic mass is 79.9. The molecule has 20 heavy (non-hydrogen) atoms. The van der Waals surface area contributed by atoms with Gasteiger partial charge in [0.1, 0.15) is 0 Å². The second kappa shape index (κ2) is 5.57. The Morgan fingerprint density at radius 2 is 2.00 bits per heavy atom. The van der Waals surface area contributed by atoms with Crippen LogP contribution in [0.3, 0.4) is 0 Å². The summed E-state index contributed by atoms with van der Waals surface area (Å²) in [5.74, 6) is 0. The van der Waals surface area contributed by atoms with Gasteiger partial charge in [-0.15, -0.1) is 0 Å². The predicted octanol–water partition coefficient (Wildman–Crippen LogP) is 3.51. The van der Waals surface area contributed by atoms with Crippen molar-refractivity contribution in [2.45, 2.75) is 12.2 Å². The zero-order chi connectivity index (χ0) is 14.9. The van der Waals surface area contributed by atoms with Crippen LogP contribution >= 0.6 is 15.9 Å². The molecule has 0 fully saturated rings. The Hall–Kier alpha value is -1.34. The number of nitrogens with zero attached hydrogens (tertiary/aromatic N) is 2. The zero-order valence-electron chi connectivity index (χ0n) is 10.9. The molecule has 0 amide bonds. The molecule has 7 heteroatoms. The first-order valence-corrected chi connectivity index (χ1v) is 6.65. The zero-order valence-corrected chi connectivity index (χ0v) is 12.5. The SMILES string of the molecule is CNC(c1ccn(C)n1)c1ccc(Br)cc1C(F)(F)F. The van der Waals surface area contributed by atoms with Gasteiger partial charge in [0.2, 0.25) is 0 Å². The molecule has 0 saturated carbocycles. The number of aromatic nitrogens is 2. The largest absolute Gasteiger partial charge is 0.416 e. The number of hydrogen-bond donors (Lipinski definition) is 1. The molecular formula is C13H13BrF3N3. The van der Waals surface area contributed by atoms with Crippen LogP contribution < -0.4 is 5.32 Å². The Balaban J connectivity index is 2.55. The number of alkyl halides is 3. The van der Waals surface area contributed by atoms with Crippen LogP contribution in [0.15, 0.2) is 34.9 Å². The maximum Gasteiger partial charge on any atom is 0.416 e. The van der Waals surface area contributed by atoms with E-state index in [-0.39, 0.29) is 5.56 Å². The molecule has 0 aliphatic heterocycles. The summed E-state index contributed by atoms with van der Waals surface area (Å²) < 4.78 is 41.5. The van der Waals surface area contributed by atoms with Gasteiger partial charge in [0.25, 0.3) is 0 Å². The van der Waals surface area contributed by atoms with Crippen LogP contribution in [0, 0.1) is 0 Å². The quantitative estimate of drug-likeness (QED) is 0.920. The van der Waals surface area contributed by atoms with Gasteiger partial charge in [-0.05, 0) is 30.8 Å². The first kappa shape index (κ1) is 15.1. The third kappa shape index (κ3) is 3.04. The monoisotopic (exact) mass is 347 g/mol. The summed E-state index contributed by atoms with van der Waals surface area (Å²) in [7, 11) is 3.34. The van der Waals surface area contributed by atoms with Gasteiger partial charge in [0.05, 0.1) is 17.3 Å². The molecule has 0 spiro atoms. The van der Waals surface area contributed by atoms with Crippen molar-refractivity contribution >= 4 is 15.9 Å². The van der Waals surface area contributed by atoms with Crippen molar-refractivity contribution in [3.05, 3.63) is 51.8 Å². The average Bonchev–Trinajstić information content (AvgIpc) is 2.77. The minimum atomic E-state index is -4.41. The van der Waals surface area contributed by atoms with Crippen molar-refractivity contribution in [2.75, 3.05) is 7.05 Å². The lowest BCUT2D eigenvalue weighted by atomic mass is 9.98. The summed E-state index contributed by atoms with van der Waals surface area (Å²) in [6.45, 7) is 0. The van der Waals surface area contributed by atoms with Gasteiger partial charge in [0.15, 0.2) is 0 Å². The van der Waals surface area contributed by atoms with Crippen LogP contribution in [0.5, 0.6) is 0 Å². The fraction of sp³-hybridized carbons (Fsp3) is 0.308. The molecule has 1 heterocycles. The molecule has 0 bridgehead atoms. The molecule has 0 aliphatic carbocycles. The van der Waals surface area contributed by atoms with E-state index in [2.05, 4.69) is 26.3 Å². The van der Waals surface area contributed by atoms with Gasteiger partial charge >= 0.3 is 6.18 Å². The molecular weight excluding hydrogens is 335 g/mol. The van der Waals surface area contributed by atoms with Crippen LogP contribution in [0.2, 0.25) is 0 Å². The lowest BCUT2D eigenvalue weighted by molar-refractivity contribution is -0.138. The van der Waals surface area contributed by atoms with Crippen LogP contribution in [-0.2, 0) is 13.2 Å². The number of hydrogen-bond acceptors (Lipinski definition) is 2. The van der Waals surface area contributed by atoms with E-state index in [1.807, 2.05) is 0 Å². The number of halogens is 4. The third-order valence-electron chi connectivity index (χ3n) is 2.95. The van der Waals surface area contributed by atoms with E-state index in [4.69, 9.17) is 0 Å². The first-order chi connectivity index (χ1) is 9.32. The number of nitrogens with one attached hydrogen (secondary N) is 1. The molecule has 1 atom stereocenters.